The van der Waals surface area contributed by atoms with E-state index in [-0.39, 0.29) is 11.6 Å². The van der Waals surface area contributed by atoms with Crippen LogP contribution in [-0.4, -0.2) is 42.6 Å². The van der Waals surface area contributed by atoms with Gasteiger partial charge in [0.1, 0.15) is 0 Å². The number of nitrogens with zero attached hydrogens (tertiary/aromatic N) is 3. The van der Waals surface area contributed by atoms with E-state index < -0.39 is 10.2 Å². The topological polar surface area (TPSA) is 84.3 Å². The second-order valence-corrected chi connectivity index (χ2v) is 6.84. The molecule has 1 N–H and O–H groups in total. The summed E-state index contributed by atoms with van der Waals surface area (Å²) < 4.78 is 28.6. The van der Waals surface area contributed by atoms with Gasteiger partial charge in [-0.1, -0.05) is 0 Å². The van der Waals surface area contributed by atoms with Crippen LogP contribution in [0.15, 0.2) is 10.9 Å². The molecule has 0 saturated carbocycles. The highest BCUT2D eigenvalue weighted by Gasteiger charge is 2.25. The number of nitrogens with one attached hydrogen (secondary N) is 1. The van der Waals surface area contributed by atoms with Crippen LogP contribution in [-0.2, 0) is 30.1 Å². The van der Waals surface area contributed by atoms with Crippen molar-refractivity contribution in [3.63, 3.8) is 0 Å². The third-order valence-electron chi connectivity index (χ3n) is 3.25. The maximum absolute atomic E-state index is 11.8. The molecule has 1 aliphatic rings. The van der Waals surface area contributed by atoms with Crippen molar-refractivity contribution in [1.82, 2.24) is 18.8 Å². The van der Waals surface area contributed by atoms with Gasteiger partial charge in [-0.15, -0.1) is 0 Å². The van der Waals surface area contributed by atoms with E-state index in [2.05, 4.69) is 9.82 Å². The average Bonchev–Trinajstić information content (AvgIpc) is 2.30. The lowest BCUT2D eigenvalue weighted by atomic mass is 9.93. The SMILES string of the molecule is CN(C)S(=O)(=O)NC1CCc2nn(C)c(=O)cc2C1. The average molecular weight is 286 g/mol. The van der Waals surface area contributed by atoms with Gasteiger partial charge in [0.05, 0.1) is 5.69 Å². The standard InChI is InChI=1S/C11H18N4O3S/c1-14(2)19(17,18)13-9-4-5-10-8(6-9)7-11(16)15(3)12-10/h7,9,13H,4-6H2,1-3H3. The zero-order valence-electron chi connectivity index (χ0n) is 11.3. The minimum atomic E-state index is -3.44. The van der Waals surface area contributed by atoms with E-state index in [1.165, 1.54) is 18.8 Å². The van der Waals surface area contributed by atoms with Gasteiger partial charge in [0.2, 0.25) is 0 Å². The minimum Gasteiger partial charge on any atom is -0.268 e. The van der Waals surface area contributed by atoms with E-state index in [1.807, 2.05) is 0 Å². The Morgan fingerprint density at radius 1 is 1.47 bits per heavy atom. The number of hydrogen-bond acceptors (Lipinski definition) is 4. The summed E-state index contributed by atoms with van der Waals surface area (Å²) in [5.41, 5.74) is 1.54. The highest BCUT2D eigenvalue weighted by atomic mass is 32.2. The first kappa shape index (κ1) is 14.2. The molecule has 8 heteroatoms. The zero-order chi connectivity index (χ0) is 14.2. The molecule has 1 aromatic heterocycles. The van der Waals surface area contributed by atoms with E-state index in [1.54, 1.807) is 13.1 Å². The van der Waals surface area contributed by atoms with Crippen molar-refractivity contribution in [3.05, 3.63) is 27.7 Å². The summed E-state index contributed by atoms with van der Waals surface area (Å²) in [5, 5.41) is 4.20. The molecular formula is C11H18N4O3S. The molecule has 1 aromatic rings. The van der Waals surface area contributed by atoms with Crippen LogP contribution in [0.5, 0.6) is 0 Å². The lowest BCUT2D eigenvalue weighted by Gasteiger charge is -2.25. The lowest BCUT2D eigenvalue weighted by molar-refractivity contribution is 0.458. The Bertz CT molecular complexity index is 636. The minimum absolute atomic E-state index is 0.171. The largest absolute Gasteiger partial charge is 0.279 e. The fourth-order valence-electron chi connectivity index (χ4n) is 2.10. The first-order valence-electron chi connectivity index (χ1n) is 6.05. The van der Waals surface area contributed by atoms with Gasteiger partial charge < -0.3 is 0 Å². The summed E-state index contributed by atoms with van der Waals surface area (Å²) in [6.45, 7) is 0. The maximum atomic E-state index is 11.8. The van der Waals surface area contributed by atoms with E-state index in [9.17, 15) is 13.2 Å². The Morgan fingerprint density at radius 3 is 2.79 bits per heavy atom. The molecule has 0 aliphatic heterocycles. The molecule has 0 fully saturated rings. The van der Waals surface area contributed by atoms with Crippen LogP contribution in [0.1, 0.15) is 17.7 Å². The summed E-state index contributed by atoms with van der Waals surface area (Å²) in [4.78, 5) is 11.5. The predicted octanol–water partition coefficient (Wildman–Crippen LogP) is -0.966. The van der Waals surface area contributed by atoms with Gasteiger partial charge in [-0.05, 0) is 24.8 Å². The summed E-state index contributed by atoms with van der Waals surface area (Å²) in [6, 6.07) is 1.35. The summed E-state index contributed by atoms with van der Waals surface area (Å²) in [7, 11) is 1.14. The second-order valence-electron chi connectivity index (χ2n) is 4.92. The van der Waals surface area contributed by atoms with Crippen molar-refractivity contribution in [1.29, 1.82) is 0 Å². The number of rotatable bonds is 3. The Labute approximate surface area is 112 Å². The molecule has 0 bridgehead atoms. The van der Waals surface area contributed by atoms with Crippen molar-refractivity contribution < 1.29 is 8.42 Å². The molecule has 0 saturated heterocycles. The molecular weight excluding hydrogens is 268 g/mol. The molecule has 1 heterocycles. The number of hydrogen-bond donors (Lipinski definition) is 1. The van der Waals surface area contributed by atoms with Crippen molar-refractivity contribution in [2.45, 2.75) is 25.3 Å². The highest BCUT2D eigenvalue weighted by Crippen LogP contribution is 2.18. The molecule has 7 nitrogen and oxygen atoms in total. The van der Waals surface area contributed by atoms with Gasteiger partial charge >= 0.3 is 0 Å². The van der Waals surface area contributed by atoms with Crippen LogP contribution in [0, 0.1) is 0 Å². The fourth-order valence-corrected chi connectivity index (χ4v) is 2.94. The predicted molar refractivity (Wildman–Crippen MR) is 71.0 cm³/mol. The highest BCUT2D eigenvalue weighted by molar-refractivity contribution is 7.87. The Balaban J connectivity index is 2.19. The van der Waals surface area contributed by atoms with Crippen LogP contribution in [0.2, 0.25) is 0 Å². The van der Waals surface area contributed by atoms with Gasteiger partial charge in [0, 0.05) is 33.3 Å². The normalized spacial score (nSPS) is 19.5. The van der Waals surface area contributed by atoms with Crippen LogP contribution >= 0.6 is 0 Å². The summed E-state index contributed by atoms with van der Waals surface area (Å²) in [5.74, 6) is 0. The fraction of sp³-hybridized carbons (Fsp3) is 0.636. The van der Waals surface area contributed by atoms with Crippen LogP contribution in [0.4, 0.5) is 0 Å². The number of aryl methyl sites for hydroxylation is 2. The third-order valence-corrected chi connectivity index (χ3v) is 4.84. The second kappa shape index (κ2) is 5.03. The van der Waals surface area contributed by atoms with E-state index in [0.717, 1.165) is 15.6 Å². The van der Waals surface area contributed by atoms with Crippen molar-refractivity contribution >= 4 is 10.2 Å². The molecule has 1 unspecified atom stereocenters. The molecule has 1 atom stereocenters. The van der Waals surface area contributed by atoms with Crippen LogP contribution in [0.25, 0.3) is 0 Å². The van der Waals surface area contributed by atoms with Crippen molar-refractivity contribution in [2.75, 3.05) is 14.1 Å². The first-order valence-corrected chi connectivity index (χ1v) is 7.49. The molecule has 0 radical (unpaired) electrons. The Hall–Kier alpha value is -1.25. The van der Waals surface area contributed by atoms with Crippen LogP contribution in [0.3, 0.4) is 0 Å². The first-order chi connectivity index (χ1) is 8.79. The van der Waals surface area contributed by atoms with Crippen LogP contribution < -0.4 is 10.3 Å². The molecule has 1 aliphatic carbocycles. The number of aromatic nitrogens is 2. The van der Waals surface area contributed by atoms with Crippen molar-refractivity contribution in [3.8, 4) is 0 Å². The van der Waals surface area contributed by atoms with Gasteiger partial charge in [0.15, 0.2) is 0 Å². The molecule has 106 valence electrons. The smallest absolute Gasteiger partial charge is 0.268 e. The zero-order valence-corrected chi connectivity index (χ0v) is 12.1. The molecule has 0 aromatic carbocycles. The van der Waals surface area contributed by atoms with E-state index in [0.29, 0.717) is 19.3 Å². The Kier molecular flexibility index (Phi) is 3.75. The summed E-state index contributed by atoms with van der Waals surface area (Å²) >= 11 is 0. The molecule has 19 heavy (non-hydrogen) atoms. The maximum Gasteiger partial charge on any atom is 0.279 e. The summed E-state index contributed by atoms with van der Waals surface area (Å²) in [6.07, 6.45) is 1.86. The quantitative estimate of drug-likeness (QED) is 0.775. The molecule has 2 rings (SSSR count). The van der Waals surface area contributed by atoms with E-state index >= 15 is 0 Å². The lowest BCUT2D eigenvalue weighted by Crippen LogP contribution is -2.45. The molecule has 0 amide bonds. The number of fused-ring (bicyclic) bond motifs is 1. The molecule has 0 spiro atoms. The van der Waals surface area contributed by atoms with Gasteiger partial charge in [-0.2, -0.15) is 22.5 Å². The van der Waals surface area contributed by atoms with Gasteiger partial charge in [0.25, 0.3) is 15.8 Å². The third kappa shape index (κ3) is 3.02. The van der Waals surface area contributed by atoms with Gasteiger partial charge in [-0.25, -0.2) is 4.68 Å². The van der Waals surface area contributed by atoms with E-state index in [4.69, 9.17) is 0 Å². The van der Waals surface area contributed by atoms with Gasteiger partial charge in [-0.3, -0.25) is 4.79 Å². The Morgan fingerprint density at radius 2 is 2.16 bits per heavy atom. The van der Waals surface area contributed by atoms with Crippen molar-refractivity contribution in [2.24, 2.45) is 7.05 Å². The monoisotopic (exact) mass is 286 g/mol.